The normalized spacial score (nSPS) is 14.1. The first-order valence-electron chi connectivity index (χ1n) is 30.6. The fourth-order valence-corrected chi connectivity index (χ4v) is 9.41. The van der Waals surface area contributed by atoms with Crippen LogP contribution < -0.4 is 10.2 Å². The van der Waals surface area contributed by atoms with Crippen LogP contribution >= 0.6 is 7.82 Å². The molecule has 0 saturated heterocycles. The Morgan fingerprint density at radius 3 is 1.30 bits per heavy atom. The lowest BCUT2D eigenvalue weighted by Crippen LogP contribution is -2.47. The molecule has 0 radical (unpaired) electrons. The van der Waals surface area contributed by atoms with E-state index in [0.717, 1.165) is 64.2 Å². The standard InChI is InChI=1S/C63H117N2O7P/c1-7-10-13-16-19-22-25-27-29-31-32-34-36-38-41-44-47-50-53-56-63(67)72-61(54-51-48-45-42-39-24-21-18-15-12-9-3)60(59-71-73(68,69)70-58-57-65(4,5)6)64-62(66)55-52-49-46-43-40-37-35-33-30-28-26-23-20-17-14-11-8-2/h20,23,28,30,35,37,43,46,51,54,60-61H,7-19,21-22,24-27,29,31-34,36,38-42,44-45,47-50,52-53,55-59H2,1-6H3,(H-,64,66,68,69)/b23-20-,30-28-,37-35-,46-43-,54-51+. The van der Waals surface area contributed by atoms with Crippen molar-refractivity contribution in [3.63, 3.8) is 0 Å². The number of nitrogens with one attached hydrogen (secondary N) is 1. The number of nitrogens with zero attached hydrogens (tertiary/aromatic N) is 1. The lowest BCUT2D eigenvalue weighted by molar-refractivity contribution is -0.870. The molecule has 0 aliphatic carbocycles. The molecule has 0 aromatic rings. The Labute approximate surface area is 451 Å². The average molecular weight is 1050 g/mol. The number of carbonyl (C=O) groups excluding carboxylic acids is 2. The summed E-state index contributed by atoms with van der Waals surface area (Å²) < 4.78 is 30.2. The summed E-state index contributed by atoms with van der Waals surface area (Å²) >= 11 is 0. The molecular weight excluding hydrogens is 928 g/mol. The third-order valence-corrected chi connectivity index (χ3v) is 14.4. The number of carbonyl (C=O) groups is 2. The second kappa shape index (κ2) is 53.1. The van der Waals surface area contributed by atoms with Gasteiger partial charge in [-0.15, -0.1) is 0 Å². The van der Waals surface area contributed by atoms with Gasteiger partial charge in [0.25, 0.3) is 7.82 Å². The van der Waals surface area contributed by atoms with Gasteiger partial charge in [-0.1, -0.05) is 255 Å². The molecule has 0 bridgehead atoms. The summed E-state index contributed by atoms with van der Waals surface area (Å²) in [4.78, 5) is 39.9. The molecule has 426 valence electrons. The van der Waals surface area contributed by atoms with Gasteiger partial charge >= 0.3 is 5.97 Å². The number of quaternary nitrogens is 1. The van der Waals surface area contributed by atoms with E-state index in [1.54, 1.807) is 0 Å². The summed E-state index contributed by atoms with van der Waals surface area (Å²) in [5.41, 5.74) is 0. The highest BCUT2D eigenvalue weighted by atomic mass is 31.2. The number of likely N-dealkylation sites (N-methyl/N-ethyl adjacent to an activating group) is 1. The topological polar surface area (TPSA) is 114 Å². The zero-order chi connectivity index (χ0) is 53.6. The highest BCUT2D eigenvalue weighted by Crippen LogP contribution is 2.38. The van der Waals surface area contributed by atoms with Crippen molar-refractivity contribution in [1.29, 1.82) is 0 Å². The van der Waals surface area contributed by atoms with E-state index in [2.05, 4.69) is 74.7 Å². The molecule has 0 aromatic heterocycles. The third kappa shape index (κ3) is 54.3. The minimum atomic E-state index is -4.71. The quantitative estimate of drug-likeness (QED) is 0.0212. The van der Waals surface area contributed by atoms with Crippen LogP contribution in [0, 0.1) is 0 Å². The zero-order valence-corrected chi connectivity index (χ0v) is 49.5. The van der Waals surface area contributed by atoms with Gasteiger partial charge < -0.3 is 28.5 Å². The van der Waals surface area contributed by atoms with Crippen LogP contribution in [-0.2, 0) is 27.9 Å². The molecule has 0 spiro atoms. The summed E-state index contributed by atoms with van der Waals surface area (Å²) in [6.07, 6.45) is 66.3. The Morgan fingerprint density at radius 2 is 0.849 bits per heavy atom. The van der Waals surface area contributed by atoms with Gasteiger partial charge in [0.15, 0.2) is 0 Å². The second-order valence-electron chi connectivity index (χ2n) is 21.9. The average Bonchev–Trinajstić information content (AvgIpc) is 3.35. The number of hydrogen-bond acceptors (Lipinski definition) is 7. The van der Waals surface area contributed by atoms with Crippen LogP contribution in [0.5, 0.6) is 0 Å². The van der Waals surface area contributed by atoms with Gasteiger partial charge in [-0.05, 0) is 70.3 Å². The number of esters is 1. The monoisotopic (exact) mass is 1040 g/mol. The Kier molecular flexibility index (Phi) is 51.5. The second-order valence-corrected chi connectivity index (χ2v) is 23.3. The van der Waals surface area contributed by atoms with Crippen molar-refractivity contribution in [2.24, 2.45) is 0 Å². The third-order valence-electron chi connectivity index (χ3n) is 13.5. The summed E-state index contributed by atoms with van der Waals surface area (Å²) in [6, 6.07) is -0.915. The van der Waals surface area contributed by atoms with Gasteiger partial charge in [-0.3, -0.25) is 14.2 Å². The molecule has 0 aromatic carbocycles. The number of allylic oxidation sites excluding steroid dienone is 9. The van der Waals surface area contributed by atoms with Crippen molar-refractivity contribution in [3.8, 4) is 0 Å². The fraction of sp³-hybridized carbons (Fsp3) is 0.810. The lowest BCUT2D eigenvalue weighted by Gasteiger charge is -2.30. The van der Waals surface area contributed by atoms with E-state index in [-0.39, 0.29) is 31.3 Å². The Morgan fingerprint density at radius 1 is 0.479 bits per heavy atom. The molecule has 9 nitrogen and oxygen atoms in total. The highest BCUT2D eigenvalue weighted by molar-refractivity contribution is 7.45. The molecular formula is C63H117N2O7P. The SMILES string of the molecule is CCCCC/C=C\C/C=C\C/C=C\C/C=C\CCCC(=O)NC(COP(=O)([O-])OCC[N+](C)(C)C)C(/C=C/CCCCCCCCCCC)OC(=O)CCCCCCCCCCCCCCCCCCCCC. The van der Waals surface area contributed by atoms with E-state index < -0.39 is 26.6 Å². The maximum atomic E-state index is 13.5. The molecule has 73 heavy (non-hydrogen) atoms. The van der Waals surface area contributed by atoms with Gasteiger partial charge in [0.1, 0.15) is 19.3 Å². The summed E-state index contributed by atoms with van der Waals surface area (Å²) in [5, 5.41) is 2.99. The van der Waals surface area contributed by atoms with Crippen LogP contribution in [0.1, 0.15) is 278 Å². The number of phosphoric acid groups is 1. The van der Waals surface area contributed by atoms with Crippen LogP contribution in [0.2, 0.25) is 0 Å². The van der Waals surface area contributed by atoms with Gasteiger partial charge in [0.05, 0.1) is 33.8 Å². The van der Waals surface area contributed by atoms with E-state index in [1.807, 2.05) is 33.3 Å². The smallest absolute Gasteiger partial charge is 0.306 e. The molecule has 0 rings (SSSR count). The van der Waals surface area contributed by atoms with Crippen molar-refractivity contribution in [1.82, 2.24) is 5.32 Å². The van der Waals surface area contributed by atoms with Crippen LogP contribution in [0.4, 0.5) is 0 Å². The number of hydrogen-bond donors (Lipinski definition) is 1. The van der Waals surface area contributed by atoms with Gasteiger partial charge in [0.2, 0.25) is 5.91 Å². The number of unbranched alkanes of at least 4 members (excludes halogenated alkanes) is 31. The molecule has 3 unspecified atom stereocenters. The van der Waals surface area contributed by atoms with Crippen molar-refractivity contribution in [3.05, 3.63) is 60.8 Å². The number of phosphoric ester groups is 1. The Bertz CT molecular complexity index is 1440. The molecule has 1 amide bonds. The van der Waals surface area contributed by atoms with E-state index >= 15 is 0 Å². The van der Waals surface area contributed by atoms with E-state index in [0.29, 0.717) is 17.4 Å². The molecule has 3 atom stereocenters. The first-order chi connectivity index (χ1) is 35.4. The minimum Gasteiger partial charge on any atom is -0.756 e. The van der Waals surface area contributed by atoms with Gasteiger partial charge in [-0.25, -0.2) is 0 Å². The van der Waals surface area contributed by atoms with Crippen molar-refractivity contribution in [2.75, 3.05) is 40.9 Å². The van der Waals surface area contributed by atoms with Crippen molar-refractivity contribution in [2.45, 2.75) is 290 Å². The first kappa shape index (κ1) is 70.7. The number of amides is 1. The fourth-order valence-electron chi connectivity index (χ4n) is 8.69. The predicted octanol–water partition coefficient (Wildman–Crippen LogP) is 18.0. The molecule has 0 aliphatic rings. The molecule has 1 N–H and O–H groups in total. The molecule has 0 heterocycles. The van der Waals surface area contributed by atoms with Crippen LogP contribution in [0.15, 0.2) is 60.8 Å². The van der Waals surface area contributed by atoms with E-state index in [9.17, 15) is 19.0 Å². The minimum absolute atomic E-state index is 0.0325. The van der Waals surface area contributed by atoms with Crippen LogP contribution in [0.25, 0.3) is 0 Å². The van der Waals surface area contributed by atoms with Gasteiger partial charge in [-0.2, -0.15) is 0 Å². The van der Waals surface area contributed by atoms with Crippen LogP contribution in [-0.4, -0.2) is 69.4 Å². The van der Waals surface area contributed by atoms with E-state index in [4.69, 9.17) is 13.8 Å². The maximum Gasteiger partial charge on any atom is 0.306 e. The largest absolute Gasteiger partial charge is 0.756 e. The van der Waals surface area contributed by atoms with Crippen molar-refractivity contribution < 1.29 is 37.3 Å². The van der Waals surface area contributed by atoms with E-state index in [1.165, 1.54) is 173 Å². The highest BCUT2D eigenvalue weighted by Gasteiger charge is 2.27. The molecule has 0 fully saturated rings. The Balaban J connectivity index is 5.30. The number of ether oxygens (including phenoxy) is 1. The summed E-state index contributed by atoms with van der Waals surface area (Å²) in [5.74, 6) is -0.600. The molecule has 10 heteroatoms. The predicted molar refractivity (Wildman–Crippen MR) is 312 cm³/mol. The van der Waals surface area contributed by atoms with Gasteiger partial charge in [0, 0.05) is 12.8 Å². The Hall–Kier alpha value is -2.29. The van der Waals surface area contributed by atoms with Crippen LogP contribution in [0.3, 0.4) is 0 Å². The maximum absolute atomic E-state index is 13.5. The zero-order valence-electron chi connectivity index (χ0n) is 48.6. The molecule has 0 saturated carbocycles. The number of rotatable bonds is 55. The summed E-state index contributed by atoms with van der Waals surface area (Å²) in [6.45, 7) is 6.78. The lowest BCUT2D eigenvalue weighted by atomic mass is 10.0. The van der Waals surface area contributed by atoms with Crippen molar-refractivity contribution >= 4 is 19.7 Å². The first-order valence-corrected chi connectivity index (χ1v) is 32.1. The molecule has 0 aliphatic heterocycles. The summed E-state index contributed by atoms with van der Waals surface area (Å²) in [7, 11) is 1.15.